The van der Waals surface area contributed by atoms with Crippen molar-refractivity contribution >= 4 is 5.91 Å². The summed E-state index contributed by atoms with van der Waals surface area (Å²) < 4.78 is 0. The van der Waals surface area contributed by atoms with E-state index in [9.17, 15) is 4.79 Å². The van der Waals surface area contributed by atoms with Gasteiger partial charge in [0.1, 0.15) is 0 Å². The quantitative estimate of drug-likeness (QED) is 0.463. The number of benzene rings is 1. The molecule has 0 saturated carbocycles. The third kappa shape index (κ3) is 2.79. The molecule has 2 N–H and O–H groups in total. The molecule has 0 aliphatic carbocycles. The zero-order valence-corrected chi connectivity index (χ0v) is 6.79. The summed E-state index contributed by atoms with van der Waals surface area (Å²) in [6.45, 7) is 1.96. The van der Waals surface area contributed by atoms with Crippen LogP contribution in [0.15, 0.2) is 24.3 Å². The van der Waals surface area contributed by atoms with Gasteiger partial charge in [0.25, 0.3) is 0 Å². The number of primary amides is 1. The van der Waals surface area contributed by atoms with E-state index < -0.39 is 0 Å². The third-order valence-electron chi connectivity index (χ3n) is 1.34. The maximum Gasteiger partial charge on any atom is 1.00 e. The summed E-state index contributed by atoms with van der Waals surface area (Å²) in [6.07, 6.45) is 0. The van der Waals surface area contributed by atoms with Crippen LogP contribution in [-0.2, 0) is 0 Å². The van der Waals surface area contributed by atoms with Crippen molar-refractivity contribution in [3.63, 3.8) is 0 Å². The number of rotatable bonds is 1. The minimum absolute atomic E-state index is 0. The van der Waals surface area contributed by atoms with Crippen LogP contribution < -0.4 is 24.6 Å². The van der Waals surface area contributed by atoms with Crippen LogP contribution in [0.4, 0.5) is 0 Å². The number of carbonyl (C=O) groups is 1. The zero-order chi connectivity index (χ0) is 7.56. The number of amides is 1. The summed E-state index contributed by atoms with van der Waals surface area (Å²) in [5.74, 6) is -0.375. The van der Waals surface area contributed by atoms with E-state index in [-0.39, 0.29) is 26.2 Å². The Morgan fingerprint density at radius 2 is 1.82 bits per heavy atom. The molecule has 0 aromatic heterocycles. The van der Waals surface area contributed by atoms with E-state index in [0.717, 1.165) is 5.56 Å². The van der Waals surface area contributed by atoms with Crippen LogP contribution in [0.1, 0.15) is 17.3 Å². The summed E-state index contributed by atoms with van der Waals surface area (Å²) in [7, 11) is 0. The van der Waals surface area contributed by atoms with Crippen molar-refractivity contribution in [2.24, 2.45) is 5.73 Å². The summed E-state index contributed by atoms with van der Waals surface area (Å²) in [4.78, 5) is 10.5. The molecule has 3 heteroatoms. The molecule has 0 aliphatic heterocycles. The molecule has 1 amide bonds. The summed E-state index contributed by atoms with van der Waals surface area (Å²) >= 11 is 0. The predicted molar refractivity (Wildman–Crippen MR) is 40.8 cm³/mol. The summed E-state index contributed by atoms with van der Waals surface area (Å²) in [5, 5.41) is 0. The molecule has 0 aliphatic rings. The molecule has 0 bridgehead atoms. The van der Waals surface area contributed by atoms with Crippen molar-refractivity contribution in [2.75, 3.05) is 0 Å². The molecular formula is C8H10LiNO. The van der Waals surface area contributed by atoms with E-state index in [2.05, 4.69) is 0 Å². The zero-order valence-electron chi connectivity index (χ0n) is 7.79. The fourth-order valence-electron chi connectivity index (χ4n) is 0.718. The molecule has 0 unspecified atom stereocenters. The van der Waals surface area contributed by atoms with Gasteiger partial charge in [-0.15, -0.1) is 0 Å². The smallest absolute Gasteiger partial charge is 1.00 e. The van der Waals surface area contributed by atoms with Gasteiger partial charge in [-0.2, -0.15) is 0 Å². The van der Waals surface area contributed by atoms with Crippen LogP contribution in [0.3, 0.4) is 0 Å². The van der Waals surface area contributed by atoms with Crippen LogP contribution in [0, 0.1) is 6.92 Å². The molecule has 54 valence electrons. The largest absolute Gasteiger partial charge is 1.00 e. The van der Waals surface area contributed by atoms with Gasteiger partial charge in [0.05, 0.1) is 0 Å². The van der Waals surface area contributed by atoms with E-state index in [1.807, 2.05) is 19.1 Å². The Balaban J connectivity index is 0. The first-order valence-electron chi connectivity index (χ1n) is 3.06. The van der Waals surface area contributed by atoms with E-state index in [4.69, 9.17) is 5.73 Å². The molecule has 0 atom stereocenters. The maximum atomic E-state index is 10.5. The molecular weight excluding hydrogens is 133 g/mol. The standard InChI is InChI=1S/C8H9NO.Li.H/c1-6-2-4-7(5-3-6)8(9)10;;/h2-5H,1H3,(H2,9,10);;/q;+1;-1. The first-order valence-corrected chi connectivity index (χ1v) is 3.06. The van der Waals surface area contributed by atoms with Crippen molar-refractivity contribution < 1.29 is 25.1 Å². The van der Waals surface area contributed by atoms with Gasteiger partial charge in [0, 0.05) is 5.56 Å². The minimum atomic E-state index is -0.375. The maximum absolute atomic E-state index is 10.5. The molecule has 1 rings (SSSR count). The van der Waals surface area contributed by atoms with E-state index in [1.54, 1.807) is 12.1 Å². The Bertz CT molecular complexity index is 248. The van der Waals surface area contributed by atoms with Gasteiger partial charge < -0.3 is 7.16 Å². The van der Waals surface area contributed by atoms with Crippen LogP contribution in [-0.4, -0.2) is 5.91 Å². The Kier molecular flexibility index (Phi) is 3.95. The molecule has 0 heterocycles. The van der Waals surface area contributed by atoms with E-state index >= 15 is 0 Å². The van der Waals surface area contributed by atoms with Crippen molar-refractivity contribution in [1.82, 2.24) is 0 Å². The Hall–Kier alpha value is -0.713. The van der Waals surface area contributed by atoms with E-state index in [1.165, 1.54) is 0 Å². The first-order chi connectivity index (χ1) is 4.70. The van der Waals surface area contributed by atoms with Gasteiger partial charge in [-0.3, -0.25) is 4.79 Å². The van der Waals surface area contributed by atoms with Gasteiger partial charge in [-0.25, -0.2) is 0 Å². The number of carbonyl (C=O) groups excluding carboxylic acids is 1. The molecule has 0 saturated heterocycles. The topological polar surface area (TPSA) is 43.1 Å². The average Bonchev–Trinajstić information content (AvgIpc) is 1.88. The molecule has 0 fully saturated rings. The fraction of sp³-hybridized carbons (Fsp3) is 0.125. The predicted octanol–water partition coefficient (Wildman–Crippen LogP) is -1.79. The normalized spacial score (nSPS) is 8.45. The molecule has 0 radical (unpaired) electrons. The van der Waals surface area contributed by atoms with Gasteiger partial charge in [-0.1, -0.05) is 17.7 Å². The van der Waals surface area contributed by atoms with Crippen molar-refractivity contribution in [2.45, 2.75) is 6.92 Å². The van der Waals surface area contributed by atoms with Gasteiger partial charge in [0.15, 0.2) is 0 Å². The molecule has 1 aromatic rings. The average molecular weight is 143 g/mol. The Labute approximate surface area is 79.4 Å². The van der Waals surface area contributed by atoms with Crippen molar-refractivity contribution in [1.29, 1.82) is 0 Å². The summed E-state index contributed by atoms with van der Waals surface area (Å²) in [6, 6.07) is 7.16. The third-order valence-corrected chi connectivity index (χ3v) is 1.34. The minimum Gasteiger partial charge on any atom is -1.00 e. The SMILES string of the molecule is Cc1ccc(C(N)=O)cc1.[H-].[Li+]. The monoisotopic (exact) mass is 143 g/mol. The Morgan fingerprint density at radius 1 is 1.36 bits per heavy atom. The van der Waals surface area contributed by atoms with Crippen LogP contribution in [0.2, 0.25) is 0 Å². The fourth-order valence-corrected chi connectivity index (χ4v) is 0.718. The molecule has 0 spiro atoms. The second-order valence-corrected chi connectivity index (χ2v) is 2.23. The summed E-state index contributed by atoms with van der Waals surface area (Å²) in [5.41, 5.74) is 6.72. The number of hydrogen-bond donors (Lipinski definition) is 1. The Morgan fingerprint density at radius 3 is 2.18 bits per heavy atom. The second-order valence-electron chi connectivity index (χ2n) is 2.23. The molecule has 2 nitrogen and oxygen atoms in total. The van der Waals surface area contributed by atoms with Crippen LogP contribution in [0.25, 0.3) is 0 Å². The molecule has 1 aromatic carbocycles. The van der Waals surface area contributed by atoms with Gasteiger partial charge in [0.2, 0.25) is 5.91 Å². The van der Waals surface area contributed by atoms with Gasteiger partial charge >= 0.3 is 18.9 Å². The van der Waals surface area contributed by atoms with E-state index in [0.29, 0.717) is 5.56 Å². The van der Waals surface area contributed by atoms with Crippen molar-refractivity contribution in [3.8, 4) is 0 Å². The molecule has 11 heavy (non-hydrogen) atoms. The van der Waals surface area contributed by atoms with Crippen molar-refractivity contribution in [3.05, 3.63) is 35.4 Å². The first kappa shape index (κ1) is 10.3. The van der Waals surface area contributed by atoms with Gasteiger partial charge in [-0.05, 0) is 19.1 Å². The number of aryl methyl sites for hydroxylation is 1. The van der Waals surface area contributed by atoms with Crippen LogP contribution >= 0.6 is 0 Å². The second kappa shape index (κ2) is 4.22. The van der Waals surface area contributed by atoms with Crippen LogP contribution in [0.5, 0.6) is 0 Å². The number of hydrogen-bond acceptors (Lipinski definition) is 1. The number of nitrogens with two attached hydrogens (primary N) is 1.